The molecule has 0 unspecified atom stereocenters. The summed E-state index contributed by atoms with van der Waals surface area (Å²) in [6.45, 7) is 5.97. The average molecular weight is 314 g/mol. The number of benzene rings is 1. The van der Waals surface area contributed by atoms with Crippen molar-refractivity contribution >= 4 is 15.9 Å². The Morgan fingerprint density at radius 2 is 1.89 bits per heavy atom. The van der Waals surface area contributed by atoms with E-state index >= 15 is 0 Å². The SMILES string of the molecule is CC(C)c1cc(Br)ccc1OCCCCCCN. The van der Waals surface area contributed by atoms with Gasteiger partial charge in [-0.05, 0) is 49.1 Å². The molecule has 0 atom stereocenters. The molecule has 0 saturated heterocycles. The van der Waals surface area contributed by atoms with Gasteiger partial charge in [0.05, 0.1) is 6.61 Å². The number of ether oxygens (including phenoxy) is 1. The molecule has 0 aliphatic carbocycles. The van der Waals surface area contributed by atoms with E-state index in [9.17, 15) is 0 Å². The molecule has 0 bridgehead atoms. The van der Waals surface area contributed by atoms with Crippen molar-refractivity contribution in [3.8, 4) is 5.75 Å². The summed E-state index contributed by atoms with van der Waals surface area (Å²) < 4.78 is 6.99. The van der Waals surface area contributed by atoms with Crippen molar-refractivity contribution in [2.75, 3.05) is 13.2 Å². The first-order chi connectivity index (χ1) is 8.65. The molecule has 0 amide bonds. The van der Waals surface area contributed by atoms with Crippen molar-refractivity contribution < 1.29 is 4.74 Å². The van der Waals surface area contributed by atoms with E-state index in [2.05, 4.69) is 41.9 Å². The fourth-order valence-corrected chi connectivity index (χ4v) is 2.26. The van der Waals surface area contributed by atoms with Gasteiger partial charge in [0, 0.05) is 4.47 Å². The third kappa shape index (κ3) is 5.40. The van der Waals surface area contributed by atoms with Crippen LogP contribution in [0.1, 0.15) is 51.0 Å². The highest BCUT2D eigenvalue weighted by molar-refractivity contribution is 9.10. The molecular formula is C15H24BrNO. The first-order valence-corrected chi connectivity index (χ1v) is 7.56. The van der Waals surface area contributed by atoms with Crippen LogP contribution in [0.15, 0.2) is 22.7 Å². The van der Waals surface area contributed by atoms with Gasteiger partial charge in [-0.1, -0.05) is 42.6 Å². The zero-order chi connectivity index (χ0) is 13.4. The van der Waals surface area contributed by atoms with E-state index in [0.717, 1.165) is 36.2 Å². The minimum absolute atomic E-state index is 0.481. The molecule has 1 rings (SSSR count). The van der Waals surface area contributed by atoms with E-state index in [4.69, 9.17) is 10.5 Å². The molecule has 3 heteroatoms. The number of hydrogen-bond acceptors (Lipinski definition) is 2. The Morgan fingerprint density at radius 1 is 1.17 bits per heavy atom. The monoisotopic (exact) mass is 313 g/mol. The average Bonchev–Trinajstić information content (AvgIpc) is 2.35. The second-order valence-electron chi connectivity index (χ2n) is 4.89. The normalized spacial score (nSPS) is 10.9. The number of halogens is 1. The van der Waals surface area contributed by atoms with E-state index in [1.54, 1.807) is 0 Å². The Labute approximate surface area is 119 Å². The minimum Gasteiger partial charge on any atom is -0.493 e. The molecule has 18 heavy (non-hydrogen) atoms. The summed E-state index contributed by atoms with van der Waals surface area (Å²) in [5, 5.41) is 0. The summed E-state index contributed by atoms with van der Waals surface area (Å²) in [5.74, 6) is 1.50. The van der Waals surface area contributed by atoms with Crippen LogP contribution < -0.4 is 10.5 Å². The maximum atomic E-state index is 5.88. The summed E-state index contributed by atoms with van der Waals surface area (Å²) in [5.41, 5.74) is 6.74. The summed E-state index contributed by atoms with van der Waals surface area (Å²) in [7, 11) is 0. The van der Waals surface area contributed by atoms with Crippen LogP contribution in [0.5, 0.6) is 5.75 Å². The lowest BCUT2D eigenvalue weighted by Crippen LogP contribution is -2.02. The first-order valence-electron chi connectivity index (χ1n) is 6.77. The van der Waals surface area contributed by atoms with Crippen molar-refractivity contribution in [2.45, 2.75) is 45.4 Å². The lowest BCUT2D eigenvalue weighted by molar-refractivity contribution is 0.301. The highest BCUT2D eigenvalue weighted by Gasteiger charge is 2.08. The van der Waals surface area contributed by atoms with Gasteiger partial charge in [0.15, 0.2) is 0 Å². The zero-order valence-corrected chi connectivity index (χ0v) is 13.0. The molecule has 2 N–H and O–H groups in total. The third-order valence-electron chi connectivity index (χ3n) is 2.95. The maximum absolute atomic E-state index is 5.88. The smallest absolute Gasteiger partial charge is 0.122 e. The topological polar surface area (TPSA) is 35.2 Å². The molecule has 1 aromatic rings. The van der Waals surface area contributed by atoms with Crippen molar-refractivity contribution in [3.05, 3.63) is 28.2 Å². The van der Waals surface area contributed by atoms with Gasteiger partial charge >= 0.3 is 0 Å². The number of nitrogens with two attached hydrogens (primary N) is 1. The summed E-state index contributed by atoms with van der Waals surface area (Å²) >= 11 is 3.51. The van der Waals surface area contributed by atoms with E-state index in [1.165, 1.54) is 18.4 Å². The van der Waals surface area contributed by atoms with Crippen LogP contribution in [-0.4, -0.2) is 13.2 Å². The van der Waals surface area contributed by atoms with Crippen LogP contribution in [0.4, 0.5) is 0 Å². The molecule has 0 aromatic heterocycles. The van der Waals surface area contributed by atoms with E-state index < -0.39 is 0 Å². The van der Waals surface area contributed by atoms with Gasteiger partial charge in [0.1, 0.15) is 5.75 Å². The third-order valence-corrected chi connectivity index (χ3v) is 3.44. The molecule has 0 heterocycles. The summed E-state index contributed by atoms with van der Waals surface area (Å²) in [6.07, 6.45) is 4.63. The number of rotatable bonds is 8. The van der Waals surface area contributed by atoms with Crippen molar-refractivity contribution in [1.29, 1.82) is 0 Å². The molecule has 2 nitrogen and oxygen atoms in total. The predicted octanol–water partition coefficient (Wildman–Crippen LogP) is 4.47. The second kappa shape index (κ2) is 8.54. The highest BCUT2D eigenvalue weighted by atomic mass is 79.9. The van der Waals surface area contributed by atoms with Gasteiger partial charge in [-0.25, -0.2) is 0 Å². The fraction of sp³-hybridized carbons (Fsp3) is 0.600. The van der Waals surface area contributed by atoms with Crippen LogP contribution in [0.2, 0.25) is 0 Å². The van der Waals surface area contributed by atoms with Crippen LogP contribution in [0, 0.1) is 0 Å². The van der Waals surface area contributed by atoms with Crippen LogP contribution in [0.3, 0.4) is 0 Å². The zero-order valence-electron chi connectivity index (χ0n) is 11.4. The van der Waals surface area contributed by atoms with Crippen LogP contribution in [0.25, 0.3) is 0 Å². The molecule has 0 aliphatic heterocycles. The summed E-state index contributed by atoms with van der Waals surface area (Å²) in [6, 6.07) is 6.24. The Morgan fingerprint density at radius 3 is 2.56 bits per heavy atom. The predicted molar refractivity (Wildman–Crippen MR) is 81.2 cm³/mol. The molecule has 0 fully saturated rings. The molecule has 1 aromatic carbocycles. The first kappa shape index (κ1) is 15.5. The minimum atomic E-state index is 0.481. The molecule has 0 spiro atoms. The Bertz CT molecular complexity index is 352. The number of unbranched alkanes of at least 4 members (excludes halogenated alkanes) is 3. The lowest BCUT2D eigenvalue weighted by Gasteiger charge is -2.14. The Balaban J connectivity index is 2.42. The summed E-state index contributed by atoms with van der Waals surface area (Å²) in [4.78, 5) is 0. The number of hydrogen-bond donors (Lipinski definition) is 1. The van der Waals surface area contributed by atoms with E-state index in [-0.39, 0.29) is 0 Å². The fourth-order valence-electron chi connectivity index (χ4n) is 1.88. The quantitative estimate of drug-likeness (QED) is 0.719. The van der Waals surface area contributed by atoms with Crippen molar-refractivity contribution in [2.24, 2.45) is 5.73 Å². The van der Waals surface area contributed by atoms with E-state index in [0.29, 0.717) is 5.92 Å². The Hall–Kier alpha value is -0.540. The largest absolute Gasteiger partial charge is 0.493 e. The van der Waals surface area contributed by atoms with Crippen LogP contribution >= 0.6 is 15.9 Å². The second-order valence-corrected chi connectivity index (χ2v) is 5.80. The molecule has 0 aliphatic rings. The van der Waals surface area contributed by atoms with Crippen molar-refractivity contribution in [1.82, 2.24) is 0 Å². The van der Waals surface area contributed by atoms with Gasteiger partial charge in [0.2, 0.25) is 0 Å². The van der Waals surface area contributed by atoms with Gasteiger partial charge in [-0.2, -0.15) is 0 Å². The lowest BCUT2D eigenvalue weighted by atomic mass is 10.0. The van der Waals surface area contributed by atoms with Gasteiger partial charge < -0.3 is 10.5 Å². The van der Waals surface area contributed by atoms with E-state index in [1.807, 2.05) is 6.07 Å². The van der Waals surface area contributed by atoms with Crippen LogP contribution in [-0.2, 0) is 0 Å². The van der Waals surface area contributed by atoms with Gasteiger partial charge in [-0.3, -0.25) is 0 Å². The highest BCUT2D eigenvalue weighted by Crippen LogP contribution is 2.29. The van der Waals surface area contributed by atoms with Gasteiger partial charge in [0.25, 0.3) is 0 Å². The van der Waals surface area contributed by atoms with Crippen molar-refractivity contribution in [3.63, 3.8) is 0 Å². The maximum Gasteiger partial charge on any atom is 0.122 e. The molecule has 0 radical (unpaired) electrons. The molecule has 102 valence electrons. The van der Waals surface area contributed by atoms with Gasteiger partial charge in [-0.15, -0.1) is 0 Å². The molecular weight excluding hydrogens is 290 g/mol. The molecule has 0 saturated carbocycles. The standard InChI is InChI=1S/C15H24BrNO/c1-12(2)14-11-13(16)7-8-15(14)18-10-6-4-3-5-9-17/h7-8,11-12H,3-6,9-10,17H2,1-2H3. The Kier molecular flexibility index (Phi) is 7.36.